The molecule has 2 amide bonds. The van der Waals surface area contributed by atoms with E-state index >= 15 is 0 Å². The number of nitrogens with one attached hydrogen (secondary N) is 2. The molecule has 4 aliphatic rings. The van der Waals surface area contributed by atoms with E-state index in [1.54, 1.807) is 29.2 Å². The first-order chi connectivity index (χ1) is 39.3. The largest absolute Gasteiger partial charge is 0.465 e. The van der Waals surface area contributed by atoms with Crippen LogP contribution in [-0.4, -0.2) is 131 Å². The van der Waals surface area contributed by atoms with Gasteiger partial charge in [-0.3, -0.25) is 29.0 Å². The molecule has 12 nitrogen and oxygen atoms in total. The summed E-state index contributed by atoms with van der Waals surface area (Å²) in [6.07, 6.45) is 18.9. The Morgan fingerprint density at radius 3 is 1.40 bits per heavy atom. The van der Waals surface area contributed by atoms with Gasteiger partial charge in [-0.15, -0.1) is 0 Å². The van der Waals surface area contributed by atoms with Crippen molar-refractivity contribution in [1.82, 2.24) is 29.6 Å². The fraction of sp³-hybridized carbons (Fsp3) is 0.438. The van der Waals surface area contributed by atoms with Crippen LogP contribution >= 0.6 is 23.2 Å². The van der Waals surface area contributed by atoms with Crippen molar-refractivity contribution in [2.45, 2.75) is 102 Å². The van der Waals surface area contributed by atoms with Gasteiger partial charge >= 0.3 is 11.9 Å². The van der Waals surface area contributed by atoms with E-state index < -0.39 is 17.5 Å². The Morgan fingerprint density at radius 2 is 0.975 bits per heavy atom. The van der Waals surface area contributed by atoms with Crippen molar-refractivity contribution in [3.05, 3.63) is 153 Å². The lowest BCUT2D eigenvalue weighted by Gasteiger charge is -2.39. The first kappa shape index (κ1) is 59.2. The van der Waals surface area contributed by atoms with Gasteiger partial charge in [0.1, 0.15) is 12.1 Å². The van der Waals surface area contributed by atoms with E-state index in [-0.39, 0.29) is 47.3 Å². The fourth-order valence-corrected chi connectivity index (χ4v) is 12.7. The summed E-state index contributed by atoms with van der Waals surface area (Å²) in [6, 6.07) is 23.3. The van der Waals surface area contributed by atoms with Gasteiger partial charge in [0.05, 0.1) is 23.3 Å². The van der Waals surface area contributed by atoms with Crippen LogP contribution in [0, 0.1) is 29.3 Å². The number of hydrogen-bond donors (Lipinski definition) is 2. The first-order valence-electron chi connectivity index (χ1n) is 28.7. The number of likely N-dealkylation sites (tertiary alicyclic amines) is 4. The first-order valence-corrected chi connectivity index (χ1v) is 29.5. The number of H-pyrrole nitrogens is 2. The molecule has 2 unspecified atom stereocenters. The van der Waals surface area contributed by atoms with Crippen LogP contribution < -0.4 is 0 Å². The minimum absolute atomic E-state index is 0.00850. The second kappa shape index (κ2) is 28.1. The number of halogens is 5. The molecule has 17 heteroatoms. The molecule has 6 aromatic rings. The summed E-state index contributed by atoms with van der Waals surface area (Å²) in [6.45, 7) is 10.2. The van der Waals surface area contributed by atoms with Crippen LogP contribution in [0.5, 0.6) is 0 Å². The number of aromatic amines is 2. The maximum absolute atomic E-state index is 13.5. The predicted molar refractivity (Wildman–Crippen MR) is 313 cm³/mol. The van der Waals surface area contributed by atoms with Gasteiger partial charge in [0.25, 0.3) is 0 Å². The van der Waals surface area contributed by atoms with Crippen LogP contribution in [0.3, 0.4) is 0 Å². The molecule has 0 spiro atoms. The third-order valence-electron chi connectivity index (χ3n) is 16.9. The summed E-state index contributed by atoms with van der Waals surface area (Å²) in [7, 11) is 0. The van der Waals surface area contributed by atoms with Crippen molar-refractivity contribution in [1.29, 1.82) is 0 Å². The zero-order valence-corrected chi connectivity index (χ0v) is 47.7. The standard InChI is InChI=1S/C32H37Cl2N3O3.C32H36F3N3O3/c1-2-40-32(39)30(36-17-13-24(14-18-36)26-21-35-29-6-4-3-5-25(26)29)20-23-11-15-37(16-12-23)31(38)10-8-22-7-9-27(33)28(34)19-22;1-2-41-32(40)29(37-15-11-23(12-16-37)25-20-36-28-6-4-3-5-24(25)28)19-21-9-13-38(14-10-21)30(39)8-7-22-17-26(33)31(35)27(34)18-22/h3-10,19,21,23-24,30,35H,2,11-18,20H2,1H3;3-8,17-18,20-21,23,29,36H,2,9-16,19H2,1H3/b10-8+;8-7+. The number of amides is 2. The smallest absolute Gasteiger partial charge is 0.323 e. The maximum Gasteiger partial charge on any atom is 0.323 e. The monoisotopic (exact) mass is 1150 g/mol. The summed E-state index contributed by atoms with van der Waals surface area (Å²) in [4.78, 5) is 66.6. The second-order valence-corrected chi connectivity index (χ2v) is 22.7. The molecule has 4 saturated heterocycles. The fourth-order valence-electron chi connectivity index (χ4n) is 12.4. The summed E-state index contributed by atoms with van der Waals surface area (Å²) in [5, 5.41) is 3.53. The Morgan fingerprint density at radius 1 is 0.556 bits per heavy atom. The molecular formula is C64H73Cl2F3N6O6. The van der Waals surface area contributed by atoms with Gasteiger partial charge in [0.2, 0.25) is 11.8 Å². The van der Waals surface area contributed by atoms with Crippen molar-refractivity contribution in [2.24, 2.45) is 11.8 Å². The van der Waals surface area contributed by atoms with Crippen LogP contribution in [0.2, 0.25) is 10.0 Å². The third kappa shape index (κ3) is 15.0. The molecule has 4 aromatic carbocycles. The van der Waals surface area contributed by atoms with E-state index in [1.807, 2.05) is 30.9 Å². The lowest BCUT2D eigenvalue weighted by atomic mass is 9.86. The van der Waals surface area contributed by atoms with Gasteiger partial charge in [-0.2, -0.15) is 0 Å². The predicted octanol–water partition coefficient (Wildman–Crippen LogP) is 13.0. The molecule has 2 N–H and O–H groups in total. The number of ether oxygens (including phenoxy) is 2. The van der Waals surface area contributed by atoms with Crippen LogP contribution in [-0.2, 0) is 28.7 Å². The van der Waals surface area contributed by atoms with Gasteiger partial charge in [-0.05, 0) is 199 Å². The van der Waals surface area contributed by atoms with E-state index in [9.17, 15) is 32.3 Å². The zero-order chi connectivity index (χ0) is 57.0. The number of aromatic nitrogens is 2. The number of fused-ring (bicyclic) bond motifs is 2. The molecule has 0 radical (unpaired) electrons. The average molecular weight is 1150 g/mol. The number of hydrogen-bond acceptors (Lipinski definition) is 8. The Bertz CT molecular complexity index is 3160. The number of rotatable bonds is 16. The number of esters is 2. The van der Waals surface area contributed by atoms with Crippen molar-refractivity contribution >= 4 is 80.9 Å². The molecule has 6 heterocycles. The normalized spacial score (nSPS) is 18.4. The Balaban J connectivity index is 0.000000196. The molecule has 0 aliphatic carbocycles. The Kier molecular flexibility index (Phi) is 20.5. The average Bonchev–Trinajstić information content (AvgIpc) is 4.33. The summed E-state index contributed by atoms with van der Waals surface area (Å²) in [5.74, 6) is -3.12. The SMILES string of the molecule is CCOC(=O)C(CC1CCN(C(=O)/C=C/c2cc(F)c(F)c(F)c2)CC1)N1CCC(c2c[nH]c3ccccc23)CC1.CCOC(=O)C(CC1CCN(C(=O)/C=C/c2ccc(Cl)c(Cl)c2)CC1)N1CCC(c2c[nH]c3ccccc23)CC1. The molecule has 81 heavy (non-hydrogen) atoms. The number of benzene rings is 4. The Hall–Kier alpha value is -6.39. The maximum atomic E-state index is 13.5. The number of para-hydroxylation sites is 2. The topological polar surface area (TPSA) is 131 Å². The molecular weight excluding hydrogens is 1080 g/mol. The summed E-state index contributed by atoms with van der Waals surface area (Å²) >= 11 is 12.1. The minimum Gasteiger partial charge on any atom is -0.465 e. The van der Waals surface area contributed by atoms with Crippen molar-refractivity contribution < 1.29 is 41.8 Å². The molecule has 2 atom stereocenters. The highest BCUT2D eigenvalue weighted by Gasteiger charge is 2.37. The zero-order valence-electron chi connectivity index (χ0n) is 46.2. The molecule has 10 rings (SSSR count). The second-order valence-electron chi connectivity index (χ2n) is 21.9. The lowest BCUT2D eigenvalue weighted by Crippen LogP contribution is -2.48. The molecule has 430 valence electrons. The highest BCUT2D eigenvalue weighted by atomic mass is 35.5. The van der Waals surface area contributed by atoms with Gasteiger partial charge in [0.15, 0.2) is 17.5 Å². The number of piperidine rings is 4. The molecule has 0 bridgehead atoms. The quantitative estimate of drug-likeness (QED) is 0.0556. The van der Waals surface area contributed by atoms with Crippen LogP contribution in [0.1, 0.15) is 112 Å². The van der Waals surface area contributed by atoms with E-state index in [0.717, 1.165) is 107 Å². The molecule has 2 aromatic heterocycles. The number of nitrogens with zero attached hydrogens (tertiary/aromatic N) is 4. The van der Waals surface area contributed by atoms with Crippen molar-refractivity contribution in [3.8, 4) is 0 Å². The van der Waals surface area contributed by atoms with Crippen molar-refractivity contribution in [2.75, 3.05) is 65.6 Å². The van der Waals surface area contributed by atoms with E-state index in [4.69, 9.17) is 32.7 Å². The highest BCUT2D eigenvalue weighted by molar-refractivity contribution is 6.42. The molecule has 4 fully saturated rings. The minimum atomic E-state index is -1.53. The lowest BCUT2D eigenvalue weighted by molar-refractivity contribution is -0.152. The van der Waals surface area contributed by atoms with E-state index in [2.05, 4.69) is 74.6 Å². The van der Waals surface area contributed by atoms with E-state index in [1.165, 1.54) is 39.6 Å². The number of carbonyl (C=O) groups excluding carboxylic acids is 4. The Labute approximate surface area is 482 Å². The van der Waals surface area contributed by atoms with Gasteiger partial charge in [-0.1, -0.05) is 65.7 Å². The van der Waals surface area contributed by atoms with Gasteiger partial charge in [-0.25, -0.2) is 13.2 Å². The summed E-state index contributed by atoms with van der Waals surface area (Å²) in [5.41, 5.74) is 5.97. The molecule has 0 saturated carbocycles. The van der Waals surface area contributed by atoms with Crippen LogP contribution in [0.25, 0.3) is 34.0 Å². The summed E-state index contributed by atoms with van der Waals surface area (Å²) < 4.78 is 51.1. The third-order valence-corrected chi connectivity index (χ3v) is 17.7. The van der Waals surface area contributed by atoms with E-state index in [0.29, 0.717) is 73.6 Å². The van der Waals surface area contributed by atoms with Gasteiger partial charge in [0, 0.05) is 72.5 Å². The number of carbonyl (C=O) groups is 4. The van der Waals surface area contributed by atoms with Crippen LogP contribution in [0.4, 0.5) is 13.2 Å². The highest BCUT2D eigenvalue weighted by Crippen LogP contribution is 2.37. The van der Waals surface area contributed by atoms with Crippen molar-refractivity contribution in [3.63, 3.8) is 0 Å². The van der Waals surface area contributed by atoms with Gasteiger partial charge < -0.3 is 29.2 Å². The molecule has 4 aliphatic heterocycles. The van der Waals surface area contributed by atoms with Crippen LogP contribution in [0.15, 0.2) is 103 Å².